The maximum Gasteiger partial charge on any atom is 0.387 e. The van der Waals surface area contributed by atoms with Gasteiger partial charge in [0.2, 0.25) is 5.91 Å². The lowest BCUT2D eigenvalue weighted by Gasteiger charge is -2.23. The van der Waals surface area contributed by atoms with Gasteiger partial charge in [-0.3, -0.25) is 4.79 Å². The molecule has 0 atom stereocenters. The van der Waals surface area contributed by atoms with Gasteiger partial charge in [0.1, 0.15) is 5.75 Å². The van der Waals surface area contributed by atoms with E-state index in [2.05, 4.69) is 20.4 Å². The van der Waals surface area contributed by atoms with Crippen LogP contribution in [-0.4, -0.2) is 50.6 Å². The lowest BCUT2D eigenvalue weighted by atomic mass is 9.89. The summed E-state index contributed by atoms with van der Waals surface area (Å²) in [7, 11) is 3.38. The van der Waals surface area contributed by atoms with Crippen molar-refractivity contribution in [2.24, 2.45) is 10.9 Å². The van der Waals surface area contributed by atoms with E-state index in [1.165, 1.54) is 43.1 Å². The van der Waals surface area contributed by atoms with Crippen LogP contribution in [0.25, 0.3) is 0 Å². The van der Waals surface area contributed by atoms with E-state index >= 15 is 0 Å². The Labute approximate surface area is 165 Å². The number of hydrogen-bond donors (Lipinski definition) is 2. The summed E-state index contributed by atoms with van der Waals surface area (Å²) in [4.78, 5) is 17.9. The zero-order valence-corrected chi connectivity index (χ0v) is 16.6. The molecule has 0 aliphatic heterocycles. The summed E-state index contributed by atoms with van der Waals surface area (Å²) < 4.78 is 29.7. The second-order valence-electron chi connectivity index (χ2n) is 7.18. The smallest absolute Gasteiger partial charge is 0.387 e. The van der Waals surface area contributed by atoms with Crippen LogP contribution in [0.1, 0.15) is 37.7 Å². The summed E-state index contributed by atoms with van der Waals surface area (Å²) in [5.74, 6) is 1.11. The number of alkyl halides is 2. The van der Waals surface area contributed by atoms with Gasteiger partial charge in [0.25, 0.3) is 0 Å². The van der Waals surface area contributed by atoms with E-state index in [1.54, 1.807) is 32.3 Å². The van der Waals surface area contributed by atoms with E-state index in [0.717, 1.165) is 6.54 Å². The molecule has 1 aromatic rings. The van der Waals surface area contributed by atoms with Crippen molar-refractivity contribution in [1.29, 1.82) is 0 Å². The third-order valence-electron chi connectivity index (χ3n) is 4.78. The normalized spacial score (nSPS) is 15.4. The number of halogens is 2. The van der Waals surface area contributed by atoms with Gasteiger partial charge in [0, 0.05) is 26.2 Å². The lowest BCUT2D eigenvalue weighted by molar-refractivity contribution is -0.127. The molecule has 6 nitrogen and oxygen atoms in total. The minimum Gasteiger partial charge on any atom is -0.434 e. The summed E-state index contributed by atoms with van der Waals surface area (Å²) >= 11 is 0. The molecule has 0 heterocycles. The molecule has 2 rings (SSSR count). The van der Waals surface area contributed by atoms with Gasteiger partial charge in [-0.25, -0.2) is 4.99 Å². The van der Waals surface area contributed by atoms with E-state index in [-0.39, 0.29) is 24.7 Å². The molecule has 1 aromatic carbocycles. The third-order valence-corrected chi connectivity index (χ3v) is 4.78. The number of nitrogens with one attached hydrogen (secondary N) is 2. The zero-order chi connectivity index (χ0) is 20.4. The molecule has 1 aliphatic rings. The van der Waals surface area contributed by atoms with Crippen LogP contribution in [0, 0.1) is 5.92 Å². The minimum atomic E-state index is -2.88. The molecular weight excluding hydrogens is 366 g/mol. The number of nitrogens with zero attached hydrogens (tertiary/aromatic N) is 2. The quantitative estimate of drug-likeness (QED) is 0.524. The fourth-order valence-corrected chi connectivity index (χ4v) is 3.13. The topological polar surface area (TPSA) is 66.0 Å². The van der Waals surface area contributed by atoms with Crippen LogP contribution in [0.3, 0.4) is 0 Å². The van der Waals surface area contributed by atoms with Crippen molar-refractivity contribution in [2.45, 2.75) is 45.3 Å². The van der Waals surface area contributed by atoms with Gasteiger partial charge in [-0.05, 0) is 24.8 Å². The molecular formula is C20H30F2N4O2. The summed E-state index contributed by atoms with van der Waals surface area (Å²) in [5.41, 5.74) is 0.556. The number of carbonyl (C=O) groups is 1. The number of amides is 1. The van der Waals surface area contributed by atoms with E-state index in [1.807, 2.05) is 0 Å². The summed E-state index contributed by atoms with van der Waals surface area (Å²) in [6.07, 6.45) is 6.13. The molecule has 1 fully saturated rings. The maximum absolute atomic E-state index is 12.6. The molecule has 0 radical (unpaired) electrons. The number of ether oxygens (including phenoxy) is 1. The average Bonchev–Trinajstić information content (AvgIpc) is 2.68. The summed E-state index contributed by atoms with van der Waals surface area (Å²) in [5, 5.41) is 6.32. The number of hydrogen-bond acceptors (Lipinski definition) is 3. The Balaban J connectivity index is 2.02. The first-order valence-corrected chi connectivity index (χ1v) is 9.70. The number of rotatable bonds is 8. The highest BCUT2D eigenvalue weighted by Crippen LogP contribution is 2.23. The minimum absolute atomic E-state index is 0.0754. The first kappa shape index (κ1) is 21.9. The highest BCUT2D eigenvalue weighted by atomic mass is 19.3. The van der Waals surface area contributed by atoms with Crippen molar-refractivity contribution in [3.05, 3.63) is 29.8 Å². The number of guanidine groups is 1. The van der Waals surface area contributed by atoms with Crippen LogP contribution >= 0.6 is 0 Å². The Morgan fingerprint density at radius 1 is 1.21 bits per heavy atom. The molecule has 0 unspecified atom stereocenters. The Morgan fingerprint density at radius 3 is 2.61 bits per heavy atom. The zero-order valence-electron chi connectivity index (χ0n) is 16.6. The fraction of sp³-hybridized carbons (Fsp3) is 0.600. The largest absolute Gasteiger partial charge is 0.434 e. The number of carbonyl (C=O) groups excluding carboxylic acids is 1. The monoisotopic (exact) mass is 396 g/mol. The third kappa shape index (κ3) is 7.70. The molecule has 0 spiro atoms. The van der Waals surface area contributed by atoms with Gasteiger partial charge < -0.3 is 20.3 Å². The number of para-hydroxylation sites is 1. The predicted octanol–water partition coefficient (Wildman–Crippen LogP) is 2.99. The van der Waals surface area contributed by atoms with Gasteiger partial charge in [0.15, 0.2) is 5.96 Å². The average molecular weight is 396 g/mol. The van der Waals surface area contributed by atoms with Crippen LogP contribution in [0.2, 0.25) is 0 Å². The van der Waals surface area contributed by atoms with Crippen LogP contribution in [-0.2, 0) is 11.3 Å². The first-order valence-electron chi connectivity index (χ1n) is 9.70. The van der Waals surface area contributed by atoms with Crippen molar-refractivity contribution < 1.29 is 18.3 Å². The Morgan fingerprint density at radius 2 is 1.93 bits per heavy atom. The van der Waals surface area contributed by atoms with Crippen molar-refractivity contribution in [3.8, 4) is 5.75 Å². The molecule has 28 heavy (non-hydrogen) atoms. The van der Waals surface area contributed by atoms with Gasteiger partial charge in [-0.1, -0.05) is 37.5 Å². The molecule has 2 N–H and O–H groups in total. The Kier molecular flexibility index (Phi) is 8.97. The van der Waals surface area contributed by atoms with E-state index in [0.29, 0.717) is 17.4 Å². The molecule has 1 saturated carbocycles. The van der Waals surface area contributed by atoms with E-state index in [9.17, 15) is 13.6 Å². The molecule has 1 aliphatic carbocycles. The van der Waals surface area contributed by atoms with Crippen LogP contribution < -0.4 is 15.4 Å². The highest BCUT2D eigenvalue weighted by molar-refractivity contribution is 5.86. The maximum atomic E-state index is 12.6. The van der Waals surface area contributed by atoms with Crippen molar-refractivity contribution >= 4 is 11.9 Å². The van der Waals surface area contributed by atoms with Gasteiger partial charge in [0.05, 0.1) is 13.1 Å². The molecule has 0 aromatic heterocycles. The van der Waals surface area contributed by atoms with Crippen molar-refractivity contribution in [1.82, 2.24) is 15.5 Å². The molecule has 156 valence electrons. The van der Waals surface area contributed by atoms with Gasteiger partial charge in [-0.15, -0.1) is 0 Å². The van der Waals surface area contributed by atoms with Crippen LogP contribution in [0.5, 0.6) is 5.75 Å². The number of aliphatic imine (C=N–C) groups is 1. The lowest BCUT2D eigenvalue weighted by Crippen LogP contribution is -2.44. The standard InChI is InChI=1S/C20H30F2N4O2/c1-26(2)18(27)14-25-20(23-12-15-8-4-3-5-9-15)24-13-16-10-6-7-11-17(16)28-19(21)22/h6-7,10-11,15,19H,3-5,8-9,12-14H2,1-2H3,(H2,23,24,25). The second kappa shape index (κ2) is 11.5. The van der Waals surface area contributed by atoms with Crippen LogP contribution in [0.4, 0.5) is 8.78 Å². The van der Waals surface area contributed by atoms with Crippen molar-refractivity contribution in [2.75, 3.05) is 27.2 Å². The number of benzene rings is 1. The fourth-order valence-electron chi connectivity index (χ4n) is 3.13. The first-order chi connectivity index (χ1) is 13.5. The molecule has 1 amide bonds. The Bertz CT molecular complexity index is 647. The van der Waals surface area contributed by atoms with E-state index < -0.39 is 6.61 Å². The Hall–Kier alpha value is -2.38. The molecule has 0 bridgehead atoms. The highest BCUT2D eigenvalue weighted by Gasteiger charge is 2.15. The van der Waals surface area contributed by atoms with Crippen molar-refractivity contribution in [3.63, 3.8) is 0 Å². The van der Waals surface area contributed by atoms with Crippen LogP contribution in [0.15, 0.2) is 29.3 Å². The van der Waals surface area contributed by atoms with Gasteiger partial charge in [-0.2, -0.15) is 8.78 Å². The van der Waals surface area contributed by atoms with E-state index in [4.69, 9.17) is 0 Å². The summed E-state index contributed by atoms with van der Waals surface area (Å²) in [6, 6.07) is 6.59. The SMILES string of the molecule is CN(C)C(=O)CNC(=NCc1ccccc1OC(F)F)NCC1CCCCC1. The second-order valence-corrected chi connectivity index (χ2v) is 7.18. The molecule has 8 heteroatoms. The summed E-state index contributed by atoms with van der Waals surface area (Å²) in [6.45, 7) is -1.83. The predicted molar refractivity (Wildman–Crippen MR) is 105 cm³/mol. The molecule has 0 saturated heterocycles. The van der Waals surface area contributed by atoms with Gasteiger partial charge >= 0.3 is 6.61 Å². The number of likely N-dealkylation sites (N-methyl/N-ethyl adjacent to an activating group) is 1.